The number of halogens is 1. The Labute approximate surface area is 170 Å². The normalized spacial score (nSPS) is 26.9. The minimum Gasteiger partial charge on any atom is -0.358 e. The van der Waals surface area contributed by atoms with Gasteiger partial charge in [-0.1, -0.05) is 11.6 Å². The molecule has 0 spiro atoms. The van der Waals surface area contributed by atoms with Crippen molar-refractivity contribution in [1.29, 1.82) is 0 Å². The molecule has 1 aromatic heterocycles. The van der Waals surface area contributed by atoms with E-state index in [1.54, 1.807) is 0 Å². The van der Waals surface area contributed by atoms with Gasteiger partial charge in [0.15, 0.2) is 0 Å². The Bertz CT molecular complexity index is 894. The summed E-state index contributed by atoms with van der Waals surface area (Å²) < 4.78 is 0. The van der Waals surface area contributed by atoms with Crippen LogP contribution in [0.1, 0.15) is 56.0 Å². The third kappa shape index (κ3) is 3.30. The SMILES string of the molecule is Cc1nccc(C2CCC(N3N=CN4CC5=C(C=C(Cl)CC5)NC=C43)CC2)n1. The van der Waals surface area contributed by atoms with Crippen molar-refractivity contribution in [2.45, 2.75) is 57.4 Å². The number of hydrogen-bond acceptors (Lipinski definition) is 6. The van der Waals surface area contributed by atoms with Gasteiger partial charge in [0.2, 0.25) is 0 Å². The van der Waals surface area contributed by atoms with E-state index in [1.165, 1.54) is 11.3 Å². The summed E-state index contributed by atoms with van der Waals surface area (Å²) in [4.78, 5) is 11.1. The second-order valence-electron chi connectivity index (χ2n) is 7.99. The van der Waals surface area contributed by atoms with Gasteiger partial charge in [0.1, 0.15) is 18.0 Å². The molecule has 0 unspecified atom stereocenters. The van der Waals surface area contributed by atoms with Gasteiger partial charge in [-0.2, -0.15) is 5.10 Å². The number of rotatable bonds is 2. The first kappa shape index (κ1) is 17.7. The van der Waals surface area contributed by atoms with Crippen LogP contribution in [-0.2, 0) is 0 Å². The number of nitrogens with zero attached hydrogens (tertiary/aromatic N) is 5. The van der Waals surface area contributed by atoms with E-state index in [-0.39, 0.29) is 0 Å². The van der Waals surface area contributed by atoms with Gasteiger partial charge in [-0.3, -0.25) is 0 Å². The van der Waals surface area contributed by atoms with E-state index in [2.05, 4.69) is 43.5 Å². The van der Waals surface area contributed by atoms with Crippen LogP contribution in [0.4, 0.5) is 0 Å². The van der Waals surface area contributed by atoms with Gasteiger partial charge >= 0.3 is 0 Å². The first-order valence-corrected chi connectivity index (χ1v) is 10.5. The molecular formula is C21H25ClN6. The Morgan fingerprint density at radius 1 is 1.18 bits per heavy atom. The summed E-state index contributed by atoms with van der Waals surface area (Å²) in [5, 5.41) is 11.4. The summed E-state index contributed by atoms with van der Waals surface area (Å²) in [6.07, 6.45) is 14.5. The molecule has 5 rings (SSSR count). The van der Waals surface area contributed by atoms with Crippen molar-refractivity contribution in [2.75, 3.05) is 6.54 Å². The number of allylic oxidation sites excluding steroid dienone is 2. The first-order chi connectivity index (χ1) is 13.7. The second kappa shape index (κ2) is 7.24. The Kier molecular flexibility index (Phi) is 4.59. The van der Waals surface area contributed by atoms with E-state index in [4.69, 9.17) is 16.7 Å². The van der Waals surface area contributed by atoms with Crippen molar-refractivity contribution in [1.82, 2.24) is 25.2 Å². The molecular weight excluding hydrogens is 372 g/mol. The summed E-state index contributed by atoms with van der Waals surface area (Å²) in [5.74, 6) is 2.53. The molecule has 0 aromatic carbocycles. The lowest BCUT2D eigenvalue weighted by Crippen LogP contribution is -2.35. The highest BCUT2D eigenvalue weighted by molar-refractivity contribution is 6.29. The van der Waals surface area contributed by atoms with E-state index in [0.29, 0.717) is 12.0 Å². The molecule has 1 N–H and O–H groups in total. The highest BCUT2D eigenvalue weighted by Crippen LogP contribution is 2.37. The summed E-state index contributed by atoms with van der Waals surface area (Å²) >= 11 is 6.24. The summed E-state index contributed by atoms with van der Waals surface area (Å²) in [7, 11) is 0. The van der Waals surface area contributed by atoms with Crippen LogP contribution >= 0.6 is 11.6 Å². The van der Waals surface area contributed by atoms with Gasteiger partial charge in [0.05, 0.1) is 6.04 Å². The Morgan fingerprint density at radius 2 is 2.04 bits per heavy atom. The number of hydrogen-bond donors (Lipinski definition) is 1. The van der Waals surface area contributed by atoms with Crippen molar-refractivity contribution in [3.63, 3.8) is 0 Å². The van der Waals surface area contributed by atoms with Crippen LogP contribution < -0.4 is 5.32 Å². The molecule has 4 aliphatic rings. The van der Waals surface area contributed by atoms with Crippen molar-refractivity contribution in [2.24, 2.45) is 5.10 Å². The summed E-state index contributed by atoms with van der Waals surface area (Å²) in [6, 6.07) is 2.50. The first-order valence-electron chi connectivity index (χ1n) is 10.1. The minimum absolute atomic E-state index is 0.433. The Hall–Kier alpha value is -2.34. The molecule has 0 saturated heterocycles. The van der Waals surface area contributed by atoms with Crippen LogP contribution in [0, 0.1) is 6.92 Å². The maximum atomic E-state index is 6.24. The molecule has 1 aromatic rings. The van der Waals surface area contributed by atoms with Crippen LogP contribution in [0.15, 0.2) is 51.8 Å². The highest BCUT2D eigenvalue weighted by atomic mass is 35.5. The lowest BCUT2D eigenvalue weighted by Gasteiger charge is -2.34. The number of aryl methyl sites for hydroxylation is 1. The van der Waals surface area contributed by atoms with Gasteiger partial charge in [-0.15, -0.1) is 0 Å². The van der Waals surface area contributed by atoms with Crippen LogP contribution in [0.25, 0.3) is 0 Å². The molecule has 3 heterocycles. The maximum absolute atomic E-state index is 6.24. The smallest absolute Gasteiger partial charge is 0.147 e. The zero-order chi connectivity index (χ0) is 19.1. The van der Waals surface area contributed by atoms with Gasteiger partial charge in [0, 0.05) is 41.3 Å². The number of aromatic nitrogens is 2. The third-order valence-electron chi connectivity index (χ3n) is 6.17. The third-order valence-corrected chi connectivity index (χ3v) is 6.47. The Balaban J connectivity index is 1.27. The van der Waals surface area contributed by atoms with E-state index < -0.39 is 0 Å². The fourth-order valence-corrected chi connectivity index (χ4v) is 4.83. The van der Waals surface area contributed by atoms with Gasteiger partial charge in [0.25, 0.3) is 0 Å². The zero-order valence-corrected chi connectivity index (χ0v) is 16.9. The molecule has 0 radical (unpaired) electrons. The average Bonchev–Trinajstić information content (AvgIpc) is 3.02. The fourth-order valence-electron chi connectivity index (χ4n) is 4.63. The monoisotopic (exact) mass is 396 g/mol. The van der Waals surface area contributed by atoms with Crippen molar-refractivity contribution in [3.05, 3.63) is 58.2 Å². The van der Waals surface area contributed by atoms with Gasteiger partial charge < -0.3 is 10.2 Å². The average molecular weight is 397 g/mol. The highest BCUT2D eigenvalue weighted by Gasteiger charge is 2.34. The molecule has 28 heavy (non-hydrogen) atoms. The van der Waals surface area contributed by atoms with Crippen molar-refractivity contribution < 1.29 is 0 Å². The molecule has 1 fully saturated rings. The fraction of sp³-hybridized carbons (Fsp3) is 0.476. The number of fused-ring (bicyclic) bond motifs is 1. The molecule has 146 valence electrons. The van der Waals surface area contributed by atoms with Crippen LogP contribution in [0.3, 0.4) is 0 Å². The predicted octanol–water partition coefficient (Wildman–Crippen LogP) is 3.94. The van der Waals surface area contributed by atoms with Gasteiger partial charge in [-0.05, 0) is 63.2 Å². The van der Waals surface area contributed by atoms with Gasteiger partial charge in [-0.25, -0.2) is 15.0 Å². The largest absolute Gasteiger partial charge is 0.358 e. The topological polar surface area (TPSA) is 56.7 Å². The summed E-state index contributed by atoms with van der Waals surface area (Å²) in [6.45, 7) is 2.84. The van der Waals surface area contributed by atoms with Crippen LogP contribution in [-0.4, -0.2) is 38.8 Å². The lowest BCUT2D eigenvalue weighted by atomic mass is 9.83. The van der Waals surface area contributed by atoms with E-state index >= 15 is 0 Å². The standard InChI is InChI=1S/C21H25ClN6/c1-14-23-9-8-19(26-14)15-3-6-18(7-4-15)28-21-11-24-20-10-17(22)5-2-16(20)12-27(21)13-25-28/h8-11,13,15,18,24H,2-7,12H2,1H3. The van der Waals surface area contributed by atoms with Crippen molar-refractivity contribution in [3.8, 4) is 0 Å². The maximum Gasteiger partial charge on any atom is 0.147 e. The minimum atomic E-state index is 0.433. The molecule has 1 saturated carbocycles. The molecule has 7 heteroatoms. The quantitative estimate of drug-likeness (QED) is 0.820. The molecule has 0 atom stereocenters. The molecule has 0 amide bonds. The molecule has 2 aliphatic heterocycles. The molecule has 0 bridgehead atoms. The predicted molar refractivity (Wildman–Crippen MR) is 110 cm³/mol. The summed E-state index contributed by atoms with van der Waals surface area (Å²) in [5.41, 5.74) is 3.73. The zero-order valence-electron chi connectivity index (χ0n) is 16.1. The molecule has 2 aliphatic carbocycles. The van der Waals surface area contributed by atoms with Crippen LogP contribution in [0.5, 0.6) is 0 Å². The second-order valence-corrected chi connectivity index (χ2v) is 8.48. The van der Waals surface area contributed by atoms with E-state index in [1.807, 2.05) is 19.5 Å². The van der Waals surface area contributed by atoms with Crippen LogP contribution in [0.2, 0.25) is 0 Å². The Morgan fingerprint density at radius 3 is 2.86 bits per heavy atom. The van der Waals surface area contributed by atoms with Crippen molar-refractivity contribution >= 4 is 17.9 Å². The number of hydrazone groups is 1. The van der Waals surface area contributed by atoms with E-state index in [0.717, 1.165) is 67.4 Å². The molecule has 6 nitrogen and oxygen atoms in total. The van der Waals surface area contributed by atoms with E-state index in [9.17, 15) is 0 Å². The number of nitrogens with one attached hydrogen (secondary N) is 1. The lowest BCUT2D eigenvalue weighted by molar-refractivity contribution is 0.183.